The van der Waals surface area contributed by atoms with Crippen molar-refractivity contribution in [2.45, 2.75) is 32.2 Å². The summed E-state index contributed by atoms with van der Waals surface area (Å²) in [6, 6.07) is 8.49. The van der Waals surface area contributed by atoms with Crippen LogP contribution < -0.4 is 5.32 Å². The second-order valence-electron chi connectivity index (χ2n) is 6.67. The number of thiazole rings is 1. The SMILES string of the molecule is c1ccc2sc(CN3CCCC4(CCCNC4)C3)nc2c1. The molecule has 3 heterocycles. The summed E-state index contributed by atoms with van der Waals surface area (Å²) >= 11 is 1.86. The van der Waals surface area contributed by atoms with Gasteiger partial charge in [-0.15, -0.1) is 11.3 Å². The van der Waals surface area contributed by atoms with Crippen molar-refractivity contribution in [1.82, 2.24) is 15.2 Å². The first-order valence-corrected chi connectivity index (χ1v) is 8.92. The summed E-state index contributed by atoms with van der Waals surface area (Å²) in [5.74, 6) is 0. The molecule has 0 amide bonds. The average Bonchev–Trinajstić information content (AvgIpc) is 2.90. The Kier molecular flexibility index (Phi) is 3.69. The smallest absolute Gasteiger partial charge is 0.108 e. The van der Waals surface area contributed by atoms with E-state index < -0.39 is 0 Å². The van der Waals surface area contributed by atoms with Gasteiger partial charge in [0, 0.05) is 13.1 Å². The van der Waals surface area contributed by atoms with Gasteiger partial charge in [0.25, 0.3) is 0 Å². The molecule has 0 radical (unpaired) electrons. The molecule has 2 aromatic rings. The molecule has 1 aromatic carbocycles. The standard InChI is InChI=1S/C17H23N3S/c1-2-6-15-14(5-1)19-16(21-15)11-20-10-4-8-17(13-20)7-3-9-18-12-17/h1-2,5-6,18H,3-4,7-13H2. The fourth-order valence-electron chi connectivity index (χ4n) is 4.00. The molecule has 112 valence electrons. The Hall–Kier alpha value is -0.970. The lowest BCUT2D eigenvalue weighted by atomic mass is 9.74. The first kappa shape index (κ1) is 13.7. The third kappa shape index (κ3) is 2.85. The summed E-state index contributed by atoms with van der Waals surface area (Å²) in [5.41, 5.74) is 1.69. The summed E-state index contributed by atoms with van der Waals surface area (Å²) in [6.07, 6.45) is 5.48. The van der Waals surface area contributed by atoms with Crippen molar-refractivity contribution >= 4 is 21.6 Å². The fourth-order valence-corrected chi connectivity index (χ4v) is 5.01. The molecule has 2 aliphatic rings. The van der Waals surface area contributed by atoms with E-state index in [0.29, 0.717) is 5.41 Å². The van der Waals surface area contributed by atoms with Crippen LogP contribution in [0.3, 0.4) is 0 Å². The minimum Gasteiger partial charge on any atom is -0.316 e. The number of para-hydroxylation sites is 1. The van der Waals surface area contributed by atoms with Gasteiger partial charge >= 0.3 is 0 Å². The zero-order chi connectivity index (χ0) is 14.1. The maximum Gasteiger partial charge on any atom is 0.108 e. The molecule has 21 heavy (non-hydrogen) atoms. The van der Waals surface area contributed by atoms with Crippen LogP contribution in [0, 0.1) is 5.41 Å². The topological polar surface area (TPSA) is 28.2 Å². The molecular weight excluding hydrogens is 278 g/mol. The number of likely N-dealkylation sites (tertiary alicyclic amines) is 1. The highest BCUT2D eigenvalue weighted by molar-refractivity contribution is 7.18. The first-order valence-electron chi connectivity index (χ1n) is 8.11. The van der Waals surface area contributed by atoms with Crippen molar-refractivity contribution in [3.63, 3.8) is 0 Å². The molecule has 4 rings (SSSR count). The quantitative estimate of drug-likeness (QED) is 0.923. The van der Waals surface area contributed by atoms with Crippen molar-refractivity contribution in [1.29, 1.82) is 0 Å². The monoisotopic (exact) mass is 301 g/mol. The molecule has 3 nitrogen and oxygen atoms in total. The van der Waals surface area contributed by atoms with Gasteiger partial charge in [-0.05, 0) is 56.3 Å². The van der Waals surface area contributed by atoms with E-state index >= 15 is 0 Å². The Morgan fingerprint density at radius 2 is 2.14 bits per heavy atom. The van der Waals surface area contributed by atoms with Crippen LogP contribution in [0.1, 0.15) is 30.7 Å². The summed E-state index contributed by atoms with van der Waals surface area (Å²) < 4.78 is 1.32. The van der Waals surface area contributed by atoms with Crippen LogP contribution in [0.15, 0.2) is 24.3 Å². The Morgan fingerprint density at radius 3 is 3.00 bits per heavy atom. The molecule has 0 bridgehead atoms. The average molecular weight is 301 g/mol. The molecule has 1 spiro atoms. The van der Waals surface area contributed by atoms with Gasteiger partial charge in [-0.3, -0.25) is 4.90 Å². The maximum absolute atomic E-state index is 4.80. The Balaban J connectivity index is 1.48. The number of nitrogens with one attached hydrogen (secondary N) is 1. The van der Waals surface area contributed by atoms with E-state index in [4.69, 9.17) is 4.98 Å². The van der Waals surface area contributed by atoms with E-state index in [1.165, 1.54) is 61.6 Å². The van der Waals surface area contributed by atoms with Gasteiger partial charge in [0.1, 0.15) is 5.01 Å². The van der Waals surface area contributed by atoms with Crippen LogP contribution in [-0.2, 0) is 6.54 Å². The molecule has 2 aliphatic heterocycles. The Morgan fingerprint density at radius 1 is 1.24 bits per heavy atom. The summed E-state index contributed by atoms with van der Waals surface area (Å²) in [6.45, 7) is 5.93. The number of hydrogen-bond acceptors (Lipinski definition) is 4. The van der Waals surface area contributed by atoms with Crippen molar-refractivity contribution < 1.29 is 0 Å². The second-order valence-corrected chi connectivity index (χ2v) is 7.79. The van der Waals surface area contributed by atoms with E-state index in [1.54, 1.807) is 0 Å². The predicted octanol–water partition coefficient (Wildman–Crippen LogP) is 3.26. The third-order valence-electron chi connectivity index (χ3n) is 5.00. The van der Waals surface area contributed by atoms with Gasteiger partial charge in [-0.2, -0.15) is 0 Å². The molecule has 0 saturated carbocycles. The molecule has 1 aromatic heterocycles. The highest BCUT2D eigenvalue weighted by Gasteiger charge is 2.36. The van der Waals surface area contributed by atoms with Crippen LogP contribution in [0.4, 0.5) is 0 Å². The molecule has 1 unspecified atom stereocenters. The van der Waals surface area contributed by atoms with Crippen molar-refractivity contribution in [3.8, 4) is 0 Å². The number of piperidine rings is 2. The number of aromatic nitrogens is 1. The van der Waals surface area contributed by atoms with Crippen LogP contribution >= 0.6 is 11.3 Å². The summed E-state index contributed by atoms with van der Waals surface area (Å²) in [4.78, 5) is 7.43. The van der Waals surface area contributed by atoms with Gasteiger partial charge in [-0.25, -0.2) is 4.98 Å². The molecule has 0 aliphatic carbocycles. The Labute approximate surface area is 130 Å². The maximum atomic E-state index is 4.80. The van der Waals surface area contributed by atoms with Crippen LogP contribution in [0.2, 0.25) is 0 Å². The normalized spacial score (nSPS) is 27.4. The molecular formula is C17H23N3S. The van der Waals surface area contributed by atoms with E-state index in [-0.39, 0.29) is 0 Å². The highest BCUT2D eigenvalue weighted by Crippen LogP contribution is 2.36. The van der Waals surface area contributed by atoms with Crippen molar-refractivity contribution in [2.24, 2.45) is 5.41 Å². The molecule has 4 heteroatoms. The fraction of sp³-hybridized carbons (Fsp3) is 0.588. The van der Waals surface area contributed by atoms with Crippen molar-refractivity contribution in [3.05, 3.63) is 29.3 Å². The van der Waals surface area contributed by atoms with Gasteiger partial charge in [0.15, 0.2) is 0 Å². The van der Waals surface area contributed by atoms with Gasteiger partial charge in [-0.1, -0.05) is 12.1 Å². The van der Waals surface area contributed by atoms with Crippen LogP contribution in [0.5, 0.6) is 0 Å². The van der Waals surface area contributed by atoms with E-state index in [9.17, 15) is 0 Å². The molecule has 2 saturated heterocycles. The largest absolute Gasteiger partial charge is 0.316 e. The van der Waals surface area contributed by atoms with E-state index in [2.05, 4.69) is 34.5 Å². The number of fused-ring (bicyclic) bond motifs is 1. The zero-order valence-corrected chi connectivity index (χ0v) is 13.3. The van der Waals surface area contributed by atoms with Gasteiger partial charge in [0.05, 0.1) is 16.8 Å². The minimum atomic E-state index is 0.535. The molecule has 2 fully saturated rings. The van der Waals surface area contributed by atoms with Gasteiger partial charge in [0.2, 0.25) is 0 Å². The first-order chi connectivity index (χ1) is 10.3. The highest BCUT2D eigenvalue weighted by atomic mass is 32.1. The lowest BCUT2D eigenvalue weighted by Crippen LogP contribution is -2.50. The van der Waals surface area contributed by atoms with E-state index in [0.717, 1.165) is 12.1 Å². The molecule has 1 N–H and O–H groups in total. The lowest BCUT2D eigenvalue weighted by Gasteiger charge is -2.45. The number of rotatable bonds is 2. The summed E-state index contributed by atoms with van der Waals surface area (Å²) in [7, 11) is 0. The minimum absolute atomic E-state index is 0.535. The van der Waals surface area contributed by atoms with Gasteiger partial charge < -0.3 is 5.32 Å². The van der Waals surface area contributed by atoms with Crippen molar-refractivity contribution in [2.75, 3.05) is 26.2 Å². The summed E-state index contributed by atoms with van der Waals surface area (Å²) in [5, 5.41) is 4.89. The number of hydrogen-bond donors (Lipinski definition) is 1. The predicted molar refractivity (Wildman–Crippen MR) is 88.7 cm³/mol. The number of benzene rings is 1. The van der Waals surface area contributed by atoms with E-state index in [1.807, 2.05) is 11.3 Å². The number of nitrogens with zero attached hydrogens (tertiary/aromatic N) is 2. The lowest BCUT2D eigenvalue weighted by molar-refractivity contribution is 0.0600. The van der Waals surface area contributed by atoms with Crippen LogP contribution in [-0.4, -0.2) is 36.1 Å². The second kappa shape index (κ2) is 5.67. The molecule has 1 atom stereocenters. The zero-order valence-electron chi connectivity index (χ0n) is 12.5. The van der Waals surface area contributed by atoms with Crippen LogP contribution in [0.25, 0.3) is 10.2 Å². The Bertz CT molecular complexity index is 577. The third-order valence-corrected chi connectivity index (χ3v) is 6.02.